The van der Waals surface area contributed by atoms with Crippen molar-refractivity contribution >= 4 is 33.2 Å². The van der Waals surface area contributed by atoms with Crippen LogP contribution in [0, 0.1) is 0 Å². The van der Waals surface area contributed by atoms with Crippen molar-refractivity contribution < 1.29 is 22.7 Å². The smallest absolute Gasteiger partial charge is 0.261 e. The van der Waals surface area contributed by atoms with Crippen LogP contribution in [-0.4, -0.2) is 39.5 Å². The van der Waals surface area contributed by atoms with Crippen molar-refractivity contribution in [3.05, 3.63) is 53.6 Å². The summed E-state index contributed by atoms with van der Waals surface area (Å²) in [7, 11) is -3.93. The monoisotopic (exact) mass is 415 g/mol. The first-order valence-corrected chi connectivity index (χ1v) is 10.8. The van der Waals surface area contributed by atoms with Gasteiger partial charge >= 0.3 is 0 Å². The average molecular weight is 415 g/mol. The van der Waals surface area contributed by atoms with Crippen molar-refractivity contribution in [3.8, 4) is 0 Å². The number of anilines is 2. The zero-order valence-electron chi connectivity index (χ0n) is 15.6. The van der Waals surface area contributed by atoms with Gasteiger partial charge in [0.05, 0.1) is 28.7 Å². The lowest BCUT2D eigenvalue weighted by atomic mass is 10.1. The largest absolute Gasteiger partial charge is 0.376 e. The Morgan fingerprint density at radius 2 is 2.03 bits per heavy atom. The van der Waals surface area contributed by atoms with Crippen LogP contribution in [0.25, 0.3) is 0 Å². The van der Waals surface area contributed by atoms with Gasteiger partial charge in [-0.15, -0.1) is 0 Å². The third-order valence-electron chi connectivity index (χ3n) is 4.94. The molecular formula is C20H21N3O5S. The summed E-state index contributed by atoms with van der Waals surface area (Å²) >= 11 is 0. The van der Waals surface area contributed by atoms with E-state index in [-0.39, 0.29) is 40.5 Å². The minimum absolute atomic E-state index is 0.00876. The van der Waals surface area contributed by atoms with Crippen molar-refractivity contribution in [2.45, 2.75) is 30.3 Å². The number of ether oxygens (including phenoxy) is 1. The van der Waals surface area contributed by atoms with E-state index in [1.54, 1.807) is 24.3 Å². The first-order valence-electron chi connectivity index (χ1n) is 9.37. The number of sulfonamides is 1. The van der Waals surface area contributed by atoms with E-state index >= 15 is 0 Å². The van der Waals surface area contributed by atoms with E-state index in [0.717, 1.165) is 12.8 Å². The molecule has 3 N–H and O–H groups in total. The van der Waals surface area contributed by atoms with E-state index in [9.17, 15) is 18.0 Å². The maximum Gasteiger partial charge on any atom is 0.261 e. The standard InChI is InChI=1S/C20H21N3O5S/c24-19-11-13-10-15(7-8-17(13)22-19)29(26,27)23-18-6-2-1-5-16(18)20(25)21-12-14-4-3-9-28-14/h1-2,5-8,10,14,23H,3-4,9,11-12H2,(H,21,25)(H,22,24)/t14-/m1/s1. The van der Waals surface area contributed by atoms with E-state index in [1.807, 2.05) is 0 Å². The van der Waals surface area contributed by atoms with Crippen LogP contribution in [0.3, 0.4) is 0 Å². The zero-order valence-corrected chi connectivity index (χ0v) is 16.4. The third kappa shape index (κ3) is 4.25. The second kappa shape index (κ2) is 7.84. The summed E-state index contributed by atoms with van der Waals surface area (Å²) in [6, 6.07) is 10.9. The summed E-state index contributed by atoms with van der Waals surface area (Å²) in [5.74, 6) is -0.543. The number of amides is 2. The Morgan fingerprint density at radius 1 is 1.21 bits per heavy atom. The molecule has 2 aromatic rings. The maximum atomic E-state index is 12.9. The molecule has 2 heterocycles. The van der Waals surface area contributed by atoms with Gasteiger partial charge in [-0.05, 0) is 48.7 Å². The number of carbonyl (C=O) groups excluding carboxylic acids is 2. The number of hydrogen-bond donors (Lipinski definition) is 3. The molecule has 29 heavy (non-hydrogen) atoms. The predicted molar refractivity (Wildman–Crippen MR) is 107 cm³/mol. The molecule has 0 radical (unpaired) electrons. The number of fused-ring (bicyclic) bond motifs is 1. The van der Waals surface area contributed by atoms with Gasteiger partial charge in [0.1, 0.15) is 0 Å². The molecule has 2 amide bonds. The Morgan fingerprint density at radius 3 is 2.83 bits per heavy atom. The van der Waals surface area contributed by atoms with Crippen LogP contribution in [-0.2, 0) is 26.0 Å². The predicted octanol–water partition coefficient (Wildman–Crippen LogP) is 1.89. The number of nitrogens with one attached hydrogen (secondary N) is 3. The lowest BCUT2D eigenvalue weighted by molar-refractivity contribution is -0.115. The molecule has 0 aromatic heterocycles. The highest BCUT2D eigenvalue weighted by Crippen LogP contribution is 2.27. The molecule has 1 atom stereocenters. The molecular weight excluding hydrogens is 394 g/mol. The van der Waals surface area contributed by atoms with Crippen LogP contribution in [0.4, 0.5) is 11.4 Å². The highest BCUT2D eigenvalue weighted by Gasteiger charge is 2.24. The van der Waals surface area contributed by atoms with Gasteiger partial charge < -0.3 is 15.4 Å². The molecule has 2 aliphatic rings. The topological polar surface area (TPSA) is 114 Å². The van der Waals surface area contributed by atoms with Gasteiger partial charge in [-0.25, -0.2) is 8.42 Å². The van der Waals surface area contributed by atoms with Crippen LogP contribution in [0.5, 0.6) is 0 Å². The molecule has 4 rings (SSSR count). The fourth-order valence-electron chi connectivity index (χ4n) is 3.45. The summed E-state index contributed by atoms with van der Waals surface area (Å²) in [6.07, 6.45) is 2.00. The molecule has 0 aliphatic carbocycles. The van der Waals surface area contributed by atoms with Crippen LogP contribution >= 0.6 is 0 Å². The van der Waals surface area contributed by atoms with Crippen LogP contribution < -0.4 is 15.4 Å². The summed E-state index contributed by atoms with van der Waals surface area (Å²) in [4.78, 5) is 24.1. The van der Waals surface area contributed by atoms with E-state index in [1.165, 1.54) is 18.2 Å². The molecule has 0 unspecified atom stereocenters. The van der Waals surface area contributed by atoms with Gasteiger partial charge in [0.2, 0.25) is 5.91 Å². The summed E-state index contributed by atoms with van der Waals surface area (Å²) in [6.45, 7) is 1.07. The van der Waals surface area contributed by atoms with Gasteiger partial charge in [0, 0.05) is 18.8 Å². The summed E-state index contributed by atoms with van der Waals surface area (Å²) < 4.78 is 33.7. The number of hydrogen-bond acceptors (Lipinski definition) is 5. The quantitative estimate of drug-likeness (QED) is 0.667. The average Bonchev–Trinajstić information content (AvgIpc) is 3.34. The fraction of sp³-hybridized carbons (Fsp3) is 0.300. The van der Waals surface area contributed by atoms with Crippen molar-refractivity contribution in [2.75, 3.05) is 23.2 Å². The zero-order chi connectivity index (χ0) is 20.4. The van der Waals surface area contributed by atoms with Gasteiger partial charge in [-0.3, -0.25) is 14.3 Å². The summed E-state index contributed by atoms with van der Waals surface area (Å²) in [5.41, 5.74) is 1.66. The molecule has 2 aromatic carbocycles. The van der Waals surface area contributed by atoms with E-state index in [0.29, 0.717) is 24.4 Å². The molecule has 0 saturated carbocycles. The number of carbonyl (C=O) groups is 2. The Bertz CT molecular complexity index is 1060. The Kier molecular flexibility index (Phi) is 5.25. The lowest BCUT2D eigenvalue weighted by Crippen LogP contribution is -2.32. The number of benzene rings is 2. The highest BCUT2D eigenvalue weighted by molar-refractivity contribution is 7.92. The van der Waals surface area contributed by atoms with Crippen molar-refractivity contribution in [3.63, 3.8) is 0 Å². The Balaban J connectivity index is 1.52. The second-order valence-electron chi connectivity index (χ2n) is 7.04. The lowest BCUT2D eigenvalue weighted by Gasteiger charge is -2.15. The SMILES string of the molecule is O=C1Cc2cc(S(=O)(=O)Nc3ccccc3C(=O)NC[C@H]3CCCO3)ccc2N1. The molecule has 1 saturated heterocycles. The third-order valence-corrected chi connectivity index (χ3v) is 6.31. The minimum Gasteiger partial charge on any atom is -0.376 e. The normalized spacial score (nSPS) is 18.2. The van der Waals surface area contributed by atoms with Crippen molar-refractivity contribution in [2.24, 2.45) is 0 Å². The summed E-state index contributed by atoms with van der Waals surface area (Å²) in [5, 5.41) is 5.47. The van der Waals surface area contributed by atoms with Crippen molar-refractivity contribution in [1.29, 1.82) is 0 Å². The minimum atomic E-state index is -3.93. The number of para-hydroxylation sites is 1. The first kappa shape index (κ1) is 19.4. The van der Waals surface area contributed by atoms with Gasteiger partial charge in [0.15, 0.2) is 0 Å². The van der Waals surface area contributed by atoms with Gasteiger partial charge in [0.25, 0.3) is 15.9 Å². The van der Waals surface area contributed by atoms with Crippen LogP contribution in [0.2, 0.25) is 0 Å². The second-order valence-corrected chi connectivity index (χ2v) is 8.72. The van der Waals surface area contributed by atoms with Crippen molar-refractivity contribution in [1.82, 2.24) is 5.32 Å². The molecule has 0 bridgehead atoms. The maximum absolute atomic E-state index is 12.9. The molecule has 2 aliphatic heterocycles. The van der Waals surface area contributed by atoms with Crippen LogP contribution in [0.15, 0.2) is 47.4 Å². The van der Waals surface area contributed by atoms with E-state index < -0.39 is 10.0 Å². The molecule has 8 nitrogen and oxygen atoms in total. The Labute approximate surface area is 168 Å². The van der Waals surface area contributed by atoms with E-state index in [4.69, 9.17) is 4.74 Å². The van der Waals surface area contributed by atoms with E-state index in [2.05, 4.69) is 15.4 Å². The number of rotatable bonds is 6. The van der Waals surface area contributed by atoms with Crippen LogP contribution in [0.1, 0.15) is 28.8 Å². The molecule has 1 fully saturated rings. The molecule has 0 spiro atoms. The first-order chi connectivity index (χ1) is 13.9. The highest BCUT2D eigenvalue weighted by atomic mass is 32.2. The van der Waals surface area contributed by atoms with Gasteiger partial charge in [-0.2, -0.15) is 0 Å². The fourth-order valence-corrected chi connectivity index (χ4v) is 4.58. The molecule has 9 heteroatoms. The molecule has 152 valence electrons. The van der Waals surface area contributed by atoms with Gasteiger partial charge in [-0.1, -0.05) is 12.1 Å². The Hall–Kier alpha value is -2.91.